The van der Waals surface area contributed by atoms with Crippen LogP contribution < -0.4 is 0 Å². The fraction of sp³-hybridized carbons (Fsp3) is 0.947. The Balaban J connectivity index is -0.000000743. The van der Waals surface area contributed by atoms with Crippen molar-refractivity contribution in [2.75, 3.05) is 13.2 Å². The van der Waals surface area contributed by atoms with E-state index in [1.54, 1.807) is 0 Å². The molecule has 0 heterocycles. The van der Waals surface area contributed by atoms with Gasteiger partial charge in [0.05, 0.1) is 0 Å². The van der Waals surface area contributed by atoms with Crippen molar-refractivity contribution in [3.63, 3.8) is 0 Å². The standard InChI is InChI=1S/C24H50O.C12H24O2.C2H4O2/c1-3-5-7-9-11-13-15-17-19-21-23-25-24-22-20-18-16-14-12-10-8-6-4-2;1-2-3-4-5-6-7-8-9-10-11-12(13)14;1-2(3)4/h3-24H2,1-2H3;2-11H2,1H3,(H,13,14);1H3,(H,3,4). The number of ether oxygens (including phenoxy) is 1. The summed E-state index contributed by atoms with van der Waals surface area (Å²) in [4.78, 5) is 19.2. The zero-order valence-electron chi connectivity index (χ0n) is 29.7. The number of hydrogen-bond donors (Lipinski definition) is 2. The van der Waals surface area contributed by atoms with Crippen LogP contribution in [-0.2, 0) is 14.3 Å². The minimum Gasteiger partial charge on any atom is -0.481 e. The summed E-state index contributed by atoms with van der Waals surface area (Å²) in [5, 5.41) is 15.8. The molecule has 5 nitrogen and oxygen atoms in total. The molecule has 0 rings (SSSR count). The van der Waals surface area contributed by atoms with Crippen LogP contribution in [0.2, 0.25) is 0 Å². The molecule has 0 saturated heterocycles. The van der Waals surface area contributed by atoms with Crippen LogP contribution in [0.15, 0.2) is 0 Å². The van der Waals surface area contributed by atoms with Crippen LogP contribution in [0.5, 0.6) is 0 Å². The summed E-state index contributed by atoms with van der Waals surface area (Å²) < 4.78 is 5.78. The Hall–Kier alpha value is -1.10. The van der Waals surface area contributed by atoms with Gasteiger partial charge in [0.15, 0.2) is 0 Å². The Morgan fingerprint density at radius 3 is 0.837 bits per heavy atom. The maximum atomic E-state index is 10.2. The Morgan fingerprint density at radius 1 is 0.395 bits per heavy atom. The molecule has 0 aliphatic rings. The second kappa shape index (κ2) is 45.3. The van der Waals surface area contributed by atoms with Crippen molar-refractivity contribution in [1.29, 1.82) is 0 Å². The van der Waals surface area contributed by atoms with Gasteiger partial charge in [-0.15, -0.1) is 0 Å². The van der Waals surface area contributed by atoms with Gasteiger partial charge in [-0.1, -0.05) is 188 Å². The molecule has 0 radical (unpaired) electrons. The van der Waals surface area contributed by atoms with E-state index < -0.39 is 11.9 Å². The van der Waals surface area contributed by atoms with Gasteiger partial charge in [-0.2, -0.15) is 0 Å². The summed E-state index contributed by atoms with van der Waals surface area (Å²) in [5.74, 6) is -1.49. The van der Waals surface area contributed by atoms with Crippen LogP contribution >= 0.6 is 0 Å². The van der Waals surface area contributed by atoms with Crippen LogP contribution in [-0.4, -0.2) is 35.4 Å². The molecular weight excluding hydrogens is 536 g/mol. The zero-order valence-corrected chi connectivity index (χ0v) is 29.7. The molecule has 2 N–H and O–H groups in total. The highest BCUT2D eigenvalue weighted by atomic mass is 16.5. The van der Waals surface area contributed by atoms with Gasteiger partial charge in [-0.3, -0.25) is 9.59 Å². The first-order valence-corrected chi connectivity index (χ1v) is 18.9. The minimum atomic E-state index is -0.833. The van der Waals surface area contributed by atoms with E-state index in [0.29, 0.717) is 6.42 Å². The molecular formula is C38H78O5. The molecule has 0 unspecified atom stereocenters. The van der Waals surface area contributed by atoms with E-state index in [2.05, 4.69) is 20.8 Å². The molecule has 0 aliphatic heterocycles. The predicted molar refractivity (Wildman–Crippen MR) is 187 cm³/mol. The normalized spacial score (nSPS) is 10.5. The Kier molecular flexibility index (Phi) is 48.8. The fourth-order valence-corrected chi connectivity index (χ4v) is 5.07. The second-order valence-corrected chi connectivity index (χ2v) is 12.5. The largest absolute Gasteiger partial charge is 0.481 e. The number of hydrogen-bond acceptors (Lipinski definition) is 3. The quantitative estimate of drug-likeness (QED) is 0.0736. The molecule has 0 fully saturated rings. The molecule has 260 valence electrons. The fourth-order valence-electron chi connectivity index (χ4n) is 5.07. The van der Waals surface area contributed by atoms with Crippen LogP contribution in [0.1, 0.15) is 220 Å². The van der Waals surface area contributed by atoms with Crippen LogP contribution in [0.4, 0.5) is 0 Å². The average molecular weight is 615 g/mol. The second-order valence-electron chi connectivity index (χ2n) is 12.5. The smallest absolute Gasteiger partial charge is 0.303 e. The third-order valence-corrected chi connectivity index (χ3v) is 7.78. The maximum absolute atomic E-state index is 10.2. The highest BCUT2D eigenvalue weighted by Crippen LogP contribution is 2.12. The number of rotatable bonds is 32. The summed E-state index contributed by atoms with van der Waals surface area (Å²) in [6.07, 6.45) is 39.6. The van der Waals surface area contributed by atoms with Crippen molar-refractivity contribution in [2.24, 2.45) is 0 Å². The summed E-state index contributed by atoms with van der Waals surface area (Å²) in [7, 11) is 0. The van der Waals surface area contributed by atoms with E-state index in [1.807, 2.05) is 0 Å². The van der Waals surface area contributed by atoms with Gasteiger partial charge in [0.25, 0.3) is 5.97 Å². The SMILES string of the molecule is CC(=O)O.CCCCCCCCCCCC(=O)O.CCCCCCCCCCCCOCCCCCCCCCCCC. The molecule has 0 aromatic rings. The van der Waals surface area contributed by atoms with Crippen molar-refractivity contribution in [3.05, 3.63) is 0 Å². The van der Waals surface area contributed by atoms with E-state index in [-0.39, 0.29) is 0 Å². The third-order valence-electron chi connectivity index (χ3n) is 7.78. The number of unbranched alkanes of at least 4 members (excludes halogenated alkanes) is 26. The number of carbonyl (C=O) groups is 2. The first kappa shape index (κ1) is 46.3. The molecule has 5 heteroatoms. The summed E-state index contributed by atoms with van der Waals surface area (Å²) in [6.45, 7) is 9.88. The lowest BCUT2D eigenvalue weighted by Gasteiger charge is -2.05. The highest BCUT2D eigenvalue weighted by molar-refractivity contribution is 5.66. The Labute approximate surface area is 269 Å². The van der Waals surface area contributed by atoms with E-state index >= 15 is 0 Å². The van der Waals surface area contributed by atoms with Crippen LogP contribution in [0.3, 0.4) is 0 Å². The zero-order chi connectivity index (χ0) is 32.5. The Morgan fingerprint density at radius 2 is 0.605 bits per heavy atom. The molecule has 0 amide bonds. The molecule has 0 atom stereocenters. The monoisotopic (exact) mass is 615 g/mol. The van der Waals surface area contributed by atoms with Crippen molar-refractivity contribution in [2.45, 2.75) is 220 Å². The molecule has 0 aliphatic carbocycles. The van der Waals surface area contributed by atoms with Crippen molar-refractivity contribution < 1.29 is 24.5 Å². The third kappa shape index (κ3) is 60.8. The number of carboxylic acids is 2. The van der Waals surface area contributed by atoms with Crippen LogP contribution in [0, 0.1) is 0 Å². The topological polar surface area (TPSA) is 83.8 Å². The predicted octanol–water partition coefficient (Wildman–Crippen LogP) is 12.9. The number of carboxylic acid groups (broad SMARTS) is 2. The first-order chi connectivity index (χ1) is 20.9. The van der Waals surface area contributed by atoms with Gasteiger partial charge in [0.1, 0.15) is 0 Å². The summed E-state index contributed by atoms with van der Waals surface area (Å²) in [6, 6.07) is 0. The van der Waals surface area contributed by atoms with Gasteiger partial charge >= 0.3 is 5.97 Å². The average Bonchev–Trinajstić information content (AvgIpc) is 2.97. The van der Waals surface area contributed by atoms with E-state index in [1.165, 1.54) is 173 Å². The Bertz CT molecular complexity index is 483. The molecule has 0 aromatic carbocycles. The van der Waals surface area contributed by atoms with Crippen LogP contribution in [0.25, 0.3) is 0 Å². The van der Waals surface area contributed by atoms with Crippen molar-refractivity contribution in [1.82, 2.24) is 0 Å². The van der Waals surface area contributed by atoms with E-state index in [9.17, 15) is 4.79 Å². The molecule has 0 aromatic heterocycles. The first-order valence-electron chi connectivity index (χ1n) is 18.9. The maximum Gasteiger partial charge on any atom is 0.303 e. The van der Waals surface area contributed by atoms with E-state index in [4.69, 9.17) is 19.7 Å². The van der Waals surface area contributed by atoms with Gasteiger partial charge in [0.2, 0.25) is 0 Å². The van der Waals surface area contributed by atoms with Gasteiger partial charge in [-0.05, 0) is 19.3 Å². The van der Waals surface area contributed by atoms with Crippen molar-refractivity contribution in [3.8, 4) is 0 Å². The lowest BCUT2D eigenvalue weighted by atomic mass is 10.1. The van der Waals surface area contributed by atoms with Gasteiger partial charge < -0.3 is 14.9 Å². The highest BCUT2D eigenvalue weighted by Gasteiger charge is 1.97. The minimum absolute atomic E-state index is 0.343. The molecule has 0 saturated carbocycles. The lowest BCUT2D eigenvalue weighted by Crippen LogP contribution is -1.97. The summed E-state index contributed by atoms with van der Waals surface area (Å²) in [5.41, 5.74) is 0. The molecule has 0 spiro atoms. The molecule has 43 heavy (non-hydrogen) atoms. The molecule has 0 bridgehead atoms. The summed E-state index contributed by atoms with van der Waals surface area (Å²) >= 11 is 0. The number of aliphatic carboxylic acids is 2. The van der Waals surface area contributed by atoms with E-state index in [0.717, 1.165) is 33.0 Å². The van der Waals surface area contributed by atoms with Gasteiger partial charge in [0, 0.05) is 26.6 Å². The van der Waals surface area contributed by atoms with Gasteiger partial charge in [-0.25, -0.2) is 0 Å². The van der Waals surface area contributed by atoms with Crippen molar-refractivity contribution >= 4 is 11.9 Å². The lowest BCUT2D eigenvalue weighted by molar-refractivity contribution is -0.137.